The summed E-state index contributed by atoms with van der Waals surface area (Å²) < 4.78 is 17.8. The van der Waals surface area contributed by atoms with E-state index in [-0.39, 0.29) is 44.7 Å². The summed E-state index contributed by atoms with van der Waals surface area (Å²) >= 11 is 3.96. The van der Waals surface area contributed by atoms with Crippen LogP contribution in [0.15, 0.2) is 85.3 Å². The van der Waals surface area contributed by atoms with Gasteiger partial charge in [-0.25, -0.2) is 14.4 Å². The van der Waals surface area contributed by atoms with E-state index in [9.17, 15) is 28.8 Å². The number of alkyl carbamates (subject to hydrolysis) is 1. The quantitative estimate of drug-likeness (QED) is 0.0561. The van der Waals surface area contributed by atoms with Crippen molar-refractivity contribution in [2.24, 2.45) is 5.73 Å². The van der Waals surface area contributed by atoms with Gasteiger partial charge in [-0.1, -0.05) is 30.3 Å². The molecular weight excluding hydrogens is 895 g/mol. The van der Waals surface area contributed by atoms with Crippen LogP contribution in [-0.2, 0) is 30.4 Å². The molecule has 0 saturated heterocycles. The standard InChI is InChI=1S/C22H23N3O5S.C14H17N3O3S.C9H7NO2S/c1-3-29-21(27)17(25-22(28)30-13-15-7-5-4-6-8-15)12-24-20(26)18-11-16-19(31-18)14(2)9-10-23-16;1-3-20-14(19)9(15)7-17-13(18)11-6-10-12(21-11)8(2)4-5-16-10;1-5-2-3-10-6-4-7(9(11)12)13-8(5)6/h4-11,17H,3,12-13H2,1-2H3,(H,24,26)(H,25,28);4-6,9H,3,7,15H2,1-2H3,(H,17,18);2-4H,1H3,(H,11,12)/t17-;9-;/m11./s1. The number of carboxylic acid groups (broad SMARTS) is 1. The minimum Gasteiger partial charge on any atom is -0.477 e. The summed E-state index contributed by atoms with van der Waals surface area (Å²) in [5.74, 6) is -2.70. The third-order valence-corrected chi connectivity index (χ3v) is 12.9. The second kappa shape index (κ2) is 23.7. The largest absolute Gasteiger partial charge is 0.477 e. The number of amides is 3. The Morgan fingerprint density at radius 3 is 1.54 bits per heavy atom. The SMILES string of the molecule is CCOC(=O)[C@@H](CNC(=O)c1cc2nccc(C)c2s1)NC(=O)OCc1ccccc1.CCOC(=O)[C@H](N)CNC(=O)c1cc2nccc(C)c2s1.Cc1ccnc2cc(C(=O)O)sc12. The molecule has 1 aromatic carbocycles. The molecule has 0 aliphatic heterocycles. The molecule has 0 aliphatic carbocycles. The van der Waals surface area contributed by atoms with E-state index in [0.29, 0.717) is 14.6 Å². The van der Waals surface area contributed by atoms with Gasteiger partial charge in [0.25, 0.3) is 11.8 Å². The Balaban J connectivity index is 0.000000200. The predicted octanol–water partition coefficient (Wildman–Crippen LogP) is 6.72. The number of aryl methyl sites for hydroxylation is 3. The normalized spacial score (nSPS) is 11.5. The third-order valence-electron chi connectivity index (χ3n) is 9.10. The smallest absolute Gasteiger partial charge is 0.408 e. The van der Waals surface area contributed by atoms with Crippen molar-refractivity contribution in [1.82, 2.24) is 30.9 Å². The molecule has 0 saturated carbocycles. The third kappa shape index (κ3) is 13.8. The summed E-state index contributed by atoms with van der Waals surface area (Å²) in [6.07, 6.45) is 4.31. The Hall–Kier alpha value is -6.87. The molecule has 6 heterocycles. The summed E-state index contributed by atoms with van der Waals surface area (Å²) in [4.78, 5) is 85.0. The number of hydrogen-bond acceptors (Lipinski definition) is 16. The number of benzene rings is 1. The lowest BCUT2D eigenvalue weighted by atomic mass is 10.2. The molecule has 0 spiro atoms. The van der Waals surface area contributed by atoms with E-state index >= 15 is 0 Å². The Bertz CT molecular complexity index is 2790. The fourth-order valence-electron chi connectivity index (χ4n) is 5.77. The van der Waals surface area contributed by atoms with Gasteiger partial charge in [0.2, 0.25) is 0 Å². The van der Waals surface area contributed by atoms with E-state index < -0.39 is 36.1 Å². The highest BCUT2D eigenvalue weighted by molar-refractivity contribution is 7.21. The van der Waals surface area contributed by atoms with Crippen molar-refractivity contribution in [2.75, 3.05) is 26.3 Å². The van der Waals surface area contributed by atoms with E-state index in [4.69, 9.17) is 25.1 Å². The second-order valence-corrected chi connectivity index (χ2v) is 17.1. The summed E-state index contributed by atoms with van der Waals surface area (Å²) in [5, 5.41) is 16.5. The van der Waals surface area contributed by atoms with Gasteiger partial charge in [0.15, 0.2) is 0 Å². The molecule has 0 radical (unpaired) electrons. The van der Waals surface area contributed by atoms with Gasteiger partial charge in [0.05, 0.1) is 53.6 Å². The predicted molar refractivity (Wildman–Crippen MR) is 249 cm³/mol. The molecule has 0 aliphatic rings. The maximum Gasteiger partial charge on any atom is 0.408 e. The fraction of sp³-hybridized carbons (Fsp3) is 0.267. The maximum absolute atomic E-state index is 12.6. The van der Waals surface area contributed by atoms with Gasteiger partial charge in [0.1, 0.15) is 23.6 Å². The zero-order valence-electron chi connectivity index (χ0n) is 36.0. The van der Waals surface area contributed by atoms with Crippen LogP contribution in [0.5, 0.6) is 0 Å². The minimum absolute atomic E-state index is 0.0400. The Labute approximate surface area is 385 Å². The van der Waals surface area contributed by atoms with Crippen LogP contribution >= 0.6 is 34.0 Å². The zero-order chi connectivity index (χ0) is 47.0. The van der Waals surface area contributed by atoms with E-state index in [1.807, 2.05) is 69.3 Å². The number of carboxylic acids is 1. The number of aromatic carboxylic acids is 1. The number of hydrogen-bond donors (Lipinski definition) is 5. The number of rotatable bonds is 14. The van der Waals surface area contributed by atoms with Crippen LogP contribution in [0.3, 0.4) is 0 Å². The van der Waals surface area contributed by atoms with Gasteiger partial charge >= 0.3 is 24.0 Å². The number of fused-ring (bicyclic) bond motifs is 3. The van der Waals surface area contributed by atoms with Crippen LogP contribution in [0.4, 0.5) is 4.79 Å². The number of nitrogens with two attached hydrogens (primary N) is 1. The van der Waals surface area contributed by atoms with E-state index in [0.717, 1.165) is 52.9 Å². The molecule has 2 atom stereocenters. The van der Waals surface area contributed by atoms with Gasteiger partial charge in [-0.3, -0.25) is 29.3 Å². The van der Waals surface area contributed by atoms with Gasteiger partial charge in [-0.15, -0.1) is 34.0 Å². The van der Waals surface area contributed by atoms with Crippen molar-refractivity contribution in [1.29, 1.82) is 0 Å². The van der Waals surface area contributed by atoms with Crippen molar-refractivity contribution in [3.05, 3.63) is 122 Å². The number of ether oxygens (including phenoxy) is 3. The number of nitrogens with zero attached hydrogens (tertiary/aromatic N) is 3. The molecule has 7 aromatic rings. The summed E-state index contributed by atoms with van der Waals surface area (Å²) in [5.41, 5.74) is 11.9. The number of carbonyl (C=O) groups excluding carboxylic acids is 5. The minimum atomic E-state index is -1.08. The van der Waals surface area contributed by atoms with Crippen molar-refractivity contribution in [3.63, 3.8) is 0 Å². The van der Waals surface area contributed by atoms with Crippen LogP contribution in [0.25, 0.3) is 30.6 Å². The maximum atomic E-state index is 12.6. The first-order valence-electron chi connectivity index (χ1n) is 20.1. The molecule has 6 aromatic heterocycles. The topological polar surface area (TPSA) is 251 Å². The van der Waals surface area contributed by atoms with E-state index in [1.165, 1.54) is 34.0 Å². The molecular formula is C45H47N7O10S3. The van der Waals surface area contributed by atoms with Gasteiger partial charge in [-0.05, 0) is 93.3 Å². The highest BCUT2D eigenvalue weighted by atomic mass is 32.1. The lowest BCUT2D eigenvalue weighted by molar-refractivity contribution is -0.145. The van der Waals surface area contributed by atoms with Crippen LogP contribution < -0.4 is 21.7 Å². The second-order valence-electron chi connectivity index (χ2n) is 14.0. The number of esters is 2. The van der Waals surface area contributed by atoms with Crippen LogP contribution in [0.1, 0.15) is 65.1 Å². The van der Waals surface area contributed by atoms with Gasteiger partial charge < -0.3 is 41.0 Å². The first-order valence-corrected chi connectivity index (χ1v) is 22.5. The molecule has 0 bridgehead atoms. The van der Waals surface area contributed by atoms with Crippen molar-refractivity contribution in [3.8, 4) is 0 Å². The average molecular weight is 942 g/mol. The highest BCUT2D eigenvalue weighted by Crippen LogP contribution is 2.28. The van der Waals surface area contributed by atoms with Gasteiger partial charge in [-0.2, -0.15) is 0 Å². The lowest BCUT2D eigenvalue weighted by Crippen LogP contribution is -2.49. The molecule has 3 amide bonds. The zero-order valence-corrected chi connectivity index (χ0v) is 38.5. The Morgan fingerprint density at radius 1 is 0.631 bits per heavy atom. The van der Waals surface area contributed by atoms with Crippen molar-refractivity contribution in [2.45, 2.75) is 53.3 Å². The van der Waals surface area contributed by atoms with Crippen LogP contribution in [-0.4, -0.2) is 94.3 Å². The fourth-order valence-corrected chi connectivity index (χ4v) is 8.70. The number of pyridine rings is 3. The van der Waals surface area contributed by atoms with Gasteiger partial charge in [0, 0.05) is 31.7 Å². The van der Waals surface area contributed by atoms with Crippen molar-refractivity contribution >= 4 is 100 Å². The Morgan fingerprint density at radius 2 is 1.08 bits per heavy atom. The molecule has 65 heavy (non-hydrogen) atoms. The first kappa shape index (κ1) is 49.2. The molecule has 17 nitrogen and oxygen atoms in total. The number of aromatic nitrogens is 3. The molecule has 340 valence electrons. The lowest BCUT2D eigenvalue weighted by Gasteiger charge is -2.17. The van der Waals surface area contributed by atoms with E-state index in [1.54, 1.807) is 50.6 Å². The van der Waals surface area contributed by atoms with Crippen molar-refractivity contribution < 1.29 is 48.1 Å². The average Bonchev–Trinajstić information content (AvgIpc) is 4.06. The van der Waals surface area contributed by atoms with Crippen LogP contribution in [0.2, 0.25) is 0 Å². The molecule has 0 fully saturated rings. The van der Waals surface area contributed by atoms with E-state index in [2.05, 4.69) is 30.9 Å². The summed E-state index contributed by atoms with van der Waals surface area (Å²) in [7, 11) is 0. The number of nitrogens with one attached hydrogen (secondary N) is 3. The number of thiophene rings is 3. The number of carbonyl (C=O) groups is 6. The summed E-state index contributed by atoms with van der Waals surface area (Å²) in [6.45, 7) is 9.60. The van der Waals surface area contributed by atoms with Crippen LogP contribution in [0, 0.1) is 20.8 Å². The summed E-state index contributed by atoms with van der Waals surface area (Å²) in [6, 6.07) is 17.9. The monoisotopic (exact) mass is 941 g/mol. The molecule has 20 heteroatoms. The Kier molecular flexibility index (Phi) is 17.9. The molecule has 0 unspecified atom stereocenters. The molecule has 7 rings (SSSR count). The molecule has 6 N–H and O–H groups in total. The first-order chi connectivity index (χ1) is 31.2. The highest BCUT2D eigenvalue weighted by Gasteiger charge is 2.25.